The number of rotatable bonds is 6. The number of thioether (sulfide) groups is 1. The fourth-order valence-corrected chi connectivity index (χ4v) is 2.24. The van der Waals surface area contributed by atoms with E-state index in [2.05, 4.69) is 29.1 Å². The van der Waals surface area contributed by atoms with E-state index >= 15 is 0 Å². The molecular weight excluding hydrogens is 244 g/mol. The maximum atomic E-state index is 5.79. The van der Waals surface area contributed by atoms with Gasteiger partial charge in [-0.05, 0) is 24.9 Å². The molecule has 1 aromatic rings. The molecule has 0 bridgehead atoms. The molecule has 0 fully saturated rings. The molecule has 0 aliphatic heterocycles. The SMILES string of the molecule is CCSCCC(C)Nc1cc(Cl)nc(N)n1. The molecule has 1 heterocycles. The van der Waals surface area contributed by atoms with E-state index in [1.165, 1.54) is 0 Å². The lowest BCUT2D eigenvalue weighted by molar-refractivity contribution is 0.766. The van der Waals surface area contributed by atoms with Crippen LogP contribution < -0.4 is 11.1 Å². The van der Waals surface area contributed by atoms with E-state index in [0.717, 1.165) is 17.9 Å². The van der Waals surface area contributed by atoms with Gasteiger partial charge in [0.05, 0.1) is 0 Å². The average molecular weight is 261 g/mol. The van der Waals surface area contributed by atoms with Gasteiger partial charge in [0.25, 0.3) is 0 Å². The summed E-state index contributed by atoms with van der Waals surface area (Å²) < 4.78 is 0. The summed E-state index contributed by atoms with van der Waals surface area (Å²) in [6.07, 6.45) is 1.08. The van der Waals surface area contributed by atoms with Crippen molar-refractivity contribution < 1.29 is 0 Å². The Kier molecular flexibility index (Phi) is 5.69. The van der Waals surface area contributed by atoms with Gasteiger partial charge in [-0.2, -0.15) is 16.7 Å². The van der Waals surface area contributed by atoms with Gasteiger partial charge < -0.3 is 11.1 Å². The molecule has 0 saturated heterocycles. The molecule has 0 saturated carbocycles. The molecule has 1 unspecified atom stereocenters. The van der Waals surface area contributed by atoms with E-state index in [1.807, 2.05) is 11.8 Å². The van der Waals surface area contributed by atoms with Crippen molar-refractivity contribution in [2.75, 3.05) is 22.6 Å². The monoisotopic (exact) mass is 260 g/mol. The van der Waals surface area contributed by atoms with Crippen molar-refractivity contribution in [2.24, 2.45) is 0 Å². The smallest absolute Gasteiger partial charge is 0.223 e. The normalized spacial score (nSPS) is 12.4. The Bertz CT molecular complexity index is 314. The topological polar surface area (TPSA) is 63.8 Å². The van der Waals surface area contributed by atoms with Gasteiger partial charge in [0.2, 0.25) is 5.95 Å². The summed E-state index contributed by atoms with van der Waals surface area (Å²) in [6.45, 7) is 4.27. The second kappa shape index (κ2) is 6.81. The van der Waals surface area contributed by atoms with Gasteiger partial charge in [0, 0.05) is 12.1 Å². The maximum absolute atomic E-state index is 5.79. The first-order valence-electron chi connectivity index (χ1n) is 5.26. The molecule has 1 aromatic heterocycles. The van der Waals surface area contributed by atoms with E-state index in [-0.39, 0.29) is 5.95 Å². The van der Waals surface area contributed by atoms with E-state index in [1.54, 1.807) is 6.07 Å². The lowest BCUT2D eigenvalue weighted by atomic mass is 10.2. The predicted octanol–water partition coefficient (Wildman–Crippen LogP) is 2.66. The van der Waals surface area contributed by atoms with Gasteiger partial charge >= 0.3 is 0 Å². The summed E-state index contributed by atoms with van der Waals surface area (Å²) in [5.41, 5.74) is 5.51. The maximum Gasteiger partial charge on any atom is 0.223 e. The molecule has 90 valence electrons. The summed E-state index contributed by atoms with van der Waals surface area (Å²) in [5.74, 6) is 3.18. The van der Waals surface area contributed by atoms with Crippen molar-refractivity contribution in [3.05, 3.63) is 11.2 Å². The number of hydrogen-bond acceptors (Lipinski definition) is 5. The largest absolute Gasteiger partial charge is 0.368 e. The first kappa shape index (κ1) is 13.4. The number of aromatic nitrogens is 2. The first-order valence-corrected chi connectivity index (χ1v) is 6.79. The van der Waals surface area contributed by atoms with Crippen LogP contribution in [0.25, 0.3) is 0 Å². The molecule has 4 nitrogen and oxygen atoms in total. The molecule has 0 aromatic carbocycles. The zero-order valence-corrected chi connectivity index (χ0v) is 11.1. The fourth-order valence-electron chi connectivity index (χ4n) is 1.24. The lowest BCUT2D eigenvalue weighted by Crippen LogP contribution is -2.17. The molecule has 6 heteroatoms. The fraction of sp³-hybridized carbons (Fsp3) is 0.600. The van der Waals surface area contributed by atoms with Crippen molar-refractivity contribution in [2.45, 2.75) is 26.3 Å². The van der Waals surface area contributed by atoms with Crippen LogP contribution in [-0.2, 0) is 0 Å². The lowest BCUT2D eigenvalue weighted by Gasteiger charge is -2.14. The standard InChI is InChI=1S/C10H17ClN4S/c1-3-16-5-4-7(2)13-9-6-8(11)14-10(12)15-9/h6-7H,3-5H2,1-2H3,(H3,12,13,14,15). The second-order valence-corrected chi connectivity index (χ2v) is 5.25. The molecule has 0 amide bonds. The minimum atomic E-state index is 0.199. The van der Waals surface area contributed by atoms with Crippen LogP contribution in [0.3, 0.4) is 0 Å². The van der Waals surface area contributed by atoms with Gasteiger partial charge in [-0.15, -0.1) is 0 Å². The highest BCUT2D eigenvalue weighted by Gasteiger charge is 2.05. The highest BCUT2D eigenvalue weighted by molar-refractivity contribution is 7.99. The Balaban J connectivity index is 2.45. The van der Waals surface area contributed by atoms with Crippen molar-refractivity contribution in [1.82, 2.24) is 9.97 Å². The summed E-state index contributed by atoms with van der Waals surface area (Å²) in [5, 5.41) is 3.62. The molecule has 0 radical (unpaired) electrons. The number of anilines is 2. The quantitative estimate of drug-likeness (QED) is 0.608. The molecule has 1 rings (SSSR count). The summed E-state index contributed by atoms with van der Waals surface area (Å²) in [7, 11) is 0. The Labute approximate surface area is 105 Å². The third-order valence-corrected chi connectivity index (χ3v) is 3.13. The van der Waals surface area contributed by atoms with E-state index in [0.29, 0.717) is 17.0 Å². The highest BCUT2D eigenvalue weighted by Crippen LogP contribution is 2.14. The Hall–Kier alpha value is -0.680. The Morgan fingerprint density at radius 3 is 2.94 bits per heavy atom. The van der Waals surface area contributed by atoms with Crippen LogP contribution in [-0.4, -0.2) is 27.5 Å². The molecule has 0 aliphatic carbocycles. The van der Waals surface area contributed by atoms with Crippen molar-refractivity contribution in [3.63, 3.8) is 0 Å². The Morgan fingerprint density at radius 1 is 1.56 bits per heavy atom. The van der Waals surface area contributed by atoms with Crippen LogP contribution >= 0.6 is 23.4 Å². The van der Waals surface area contributed by atoms with Crippen molar-refractivity contribution in [3.8, 4) is 0 Å². The van der Waals surface area contributed by atoms with Crippen LogP contribution in [0.5, 0.6) is 0 Å². The number of nitrogens with two attached hydrogens (primary N) is 1. The predicted molar refractivity (Wildman–Crippen MR) is 72.2 cm³/mol. The third-order valence-electron chi connectivity index (χ3n) is 2.01. The van der Waals surface area contributed by atoms with Crippen LogP contribution in [0.4, 0.5) is 11.8 Å². The molecule has 0 aliphatic rings. The molecular formula is C10H17ClN4S. The molecule has 0 spiro atoms. The zero-order valence-electron chi connectivity index (χ0n) is 9.53. The summed E-state index contributed by atoms with van der Waals surface area (Å²) in [4.78, 5) is 7.87. The van der Waals surface area contributed by atoms with Crippen LogP contribution in [0, 0.1) is 0 Å². The molecule has 3 N–H and O–H groups in total. The van der Waals surface area contributed by atoms with Crippen LogP contribution in [0.15, 0.2) is 6.07 Å². The average Bonchev–Trinajstić information content (AvgIpc) is 2.16. The van der Waals surface area contributed by atoms with Crippen LogP contribution in [0.2, 0.25) is 5.15 Å². The number of nitrogens with zero attached hydrogens (tertiary/aromatic N) is 2. The van der Waals surface area contributed by atoms with Crippen LogP contribution in [0.1, 0.15) is 20.3 Å². The number of nitrogen functional groups attached to an aromatic ring is 1. The second-order valence-electron chi connectivity index (χ2n) is 3.47. The Morgan fingerprint density at radius 2 is 2.31 bits per heavy atom. The van der Waals surface area contributed by atoms with Gasteiger partial charge in [-0.3, -0.25) is 0 Å². The third kappa shape index (κ3) is 4.90. The van der Waals surface area contributed by atoms with Gasteiger partial charge in [-0.1, -0.05) is 18.5 Å². The van der Waals surface area contributed by atoms with E-state index < -0.39 is 0 Å². The number of nitrogens with one attached hydrogen (secondary N) is 1. The minimum absolute atomic E-state index is 0.199. The summed E-state index contributed by atoms with van der Waals surface area (Å²) >= 11 is 7.71. The zero-order chi connectivity index (χ0) is 12.0. The van der Waals surface area contributed by atoms with Crippen molar-refractivity contribution >= 4 is 35.1 Å². The minimum Gasteiger partial charge on any atom is -0.368 e. The number of halogens is 1. The first-order chi connectivity index (χ1) is 7.61. The molecule has 1 atom stereocenters. The van der Waals surface area contributed by atoms with Crippen molar-refractivity contribution in [1.29, 1.82) is 0 Å². The van der Waals surface area contributed by atoms with E-state index in [9.17, 15) is 0 Å². The van der Waals surface area contributed by atoms with Gasteiger partial charge in [0.1, 0.15) is 11.0 Å². The van der Waals surface area contributed by atoms with Gasteiger partial charge in [0.15, 0.2) is 0 Å². The molecule has 16 heavy (non-hydrogen) atoms. The highest BCUT2D eigenvalue weighted by atomic mass is 35.5. The van der Waals surface area contributed by atoms with Gasteiger partial charge in [-0.25, -0.2) is 4.98 Å². The summed E-state index contributed by atoms with van der Waals surface area (Å²) in [6, 6.07) is 2.03. The number of hydrogen-bond donors (Lipinski definition) is 2. The van der Waals surface area contributed by atoms with E-state index in [4.69, 9.17) is 17.3 Å².